The number of aromatic nitrogens is 2. The summed E-state index contributed by atoms with van der Waals surface area (Å²) < 4.78 is 16.0. The van der Waals surface area contributed by atoms with Gasteiger partial charge < -0.3 is 0 Å². The number of hydrogen-bond donors (Lipinski definition) is 0. The number of benzene rings is 1. The Morgan fingerprint density at radius 3 is 2.71 bits per heavy atom. The molecular weight excluding hydrogens is 287 g/mol. The van der Waals surface area contributed by atoms with Crippen molar-refractivity contribution in [3.8, 4) is 0 Å². The lowest BCUT2D eigenvalue weighted by Gasteiger charge is -2.14. The van der Waals surface area contributed by atoms with Gasteiger partial charge in [0.25, 0.3) is 0 Å². The van der Waals surface area contributed by atoms with Gasteiger partial charge in [-0.05, 0) is 37.0 Å². The lowest BCUT2D eigenvalue weighted by Crippen LogP contribution is -2.09. The predicted molar refractivity (Wildman–Crippen MR) is 83.3 cm³/mol. The summed E-state index contributed by atoms with van der Waals surface area (Å²) in [5, 5.41) is 4.67. The van der Waals surface area contributed by atoms with Crippen LogP contribution >= 0.6 is 11.6 Å². The fourth-order valence-corrected chi connectivity index (χ4v) is 3.44. The van der Waals surface area contributed by atoms with E-state index in [1.165, 1.54) is 31.7 Å². The van der Waals surface area contributed by atoms with Gasteiger partial charge in [-0.25, -0.2) is 4.39 Å². The SMILES string of the molecule is Fc1ccccc1C(CCl)Cc1ccn(C2CCCC2)n1. The minimum atomic E-state index is -0.182. The number of nitrogens with zero attached hydrogens (tertiary/aromatic N) is 2. The highest BCUT2D eigenvalue weighted by Gasteiger charge is 2.20. The maximum Gasteiger partial charge on any atom is 0.126 e. The molecule has 1 aliphatic rings. The largest absolute Gasteiger partial charge is 0.269 e. The minimum Gasteiger partial charge on any atom is -0.269 e. The van der Waals surface area contributed by atoms with Crippen molar-refractivity contribution in [1.82, 2.24) is 9.78 Å². The molecule has 0 saturated heterocycles. The highest BCUT2D eigenvalue weighted by atomic mass is 35.5. The standard InChI is InChI=1S/C17H20ClFN2/c18-12-13(16-7-3-4-8-17(16)19)11-14-9-10-21(20-14)15-5-1-2-6-15/h3-4,7-10,13,15H,1-2,5-6,11-12H2. The van der Waals surface area contributed by atoms with Crippen molar-refractivity contribution in [2.45, 2.75) is 44.1 Å². The van der Waals surface area contributed by atoms with Gasteiger partial charge in [-0.15, -0.1) is 11.6 Å². The molecule has 1 saturated carbocycles. The van der Waals surface area contributed by atoms with Gasteiger partial charge in [0.05, 0.1) is 11.7 Å². The first-order valence-corrected chi connectivity index (χ1v) is 8.16. The van der Waals surface area contributed by atoms with Gasteiger partial charge in [-0.2, -0.15) is 5.10 Å². The molecule has 4 heteroatoms. The molecule has 2 aromatic rings. The van der Waals surface area contributed by atoms with Crippen LogP contribution in [0, 0.1) is 5.82 Å². The van der Waals surface area contributed by atoms with Crippen LogP contribution < -0.4 is 0 Å². The molecular formula is C17H20ClFN2. The zero-order valence-electron chi connectivity index (χ0n) is 12.0. The summed E-state index contributed by atoms with van der Waals surface area (Å²) in [5.41, 5.74) is 1.68. The van der Waals surface area contributed by atoms with E-state index >= 15 is 0 Å². The Kier molecular flexibility index (Phi) is 4.59. The summed E-state index contributed by atoms with van der Waals surface area (Å²) in [7, 11) is 0. The van der Waals surface area contributed by atoms with Gasteiger partial charge in [0.15, 0.2) is 0 Å². The van der Waals surface area contributed by atoms with E-state index in [-0.39, 0.29) is 11.7 Å². The third kappa shape index (κ3) is 3.29. The van der Waals surface area contributed by atoms with E-state index in [4.69, 9.17) is 11.6 Å². The average molecular weight is 307 g/mol. The summed E-state index contributed by atoms with van der Waals surface area (Å²) >= 11 is 6.06. The Morgan fingerprint density at radius 1 is 1.24 bits per heavy atom. The summed E-state index contributed by atoms with van der Waals surface area (Å²) in [6.07, 6.45) is 7.75. The first-order valence-electron chi connectivity index (χ1n) is 7.62. The quantitative estimate of drug-likeness (QED) is 0.732. The predicted octanol–water partition coefficient (Wildman–Crippen LogP) is 4.70. The minimum absolute atomic E-state index is 0.0280. The van der Waals surface area contributed by atoms with E-state index in [9.17, 15) is 4.39 Å². The van der Waals surface area contributed by atoms with Gasteiger partial charge in [0.2, 0.25) is 0 Å². The van der Waals surface area contributed by atoms with Gasteiger partial charge in [-0.1, -0.05) is 31.0 Å². The number of alkyl halides is 1. The van der Waals surface area contributed by atoms with Crippen molar-refractivity contribution >= 4 is 11.6 Å². The maximum absolute atomic E-state index is 13.9. The van der Waals surface area contributed by atoms with Crippen molar-refractivity contribution in [2.75, 3.05) is 5.88 Å². The second-order valence-corrected chi connectivity index (χ2v) is 6.11. The van der Waals surface area contributed by atoms with Crippen LogP contribution in [0.25, 0.3) is 0 Å². The Morgan fingerprint density at radius 2 is 2.00 bits per heavy atom. The molecule has 1 aliphatic carbocycles. The van der Waals surface area contributed by atoms with E-state index in [0.29, 0.717) is 23.9 Å². The van der Waals surface area contributed by atoms with Crippen molar-refractivity contribution in [2.24, 2.45) is 0 Å². The maximum atomic E-state index is 13.9. The molecule has 0 aliphatic heterocycles. The molecule has 112 valence electrons. The van der Waals surface area contributed by atoms with Gasteiger partial charge in [0.1, 0.15) is 5.82 Å². The fraction of sp³-hybridized carbons (Fsp3) is 0.471. The average Bonchev–Trinajstić information content (AvgIpc) is 3.16. The van der Waals surface area contributed by atoms with E-state index in [0.717, 1.165) is 5.69 Å². The van der Waals surface area contributed by atoms with Crippen molar-refractivity contribution < 1.29 is 4.39 Å². The molecule has 1 aromatic carbocycles. The van der Waals surface area contributed by atoms with Crippen LogP contribution in [0.3, 0.4) is 0 Å². The Balaban J connectivity index is 1.74. The van der Waals surface area contributed by atoms with Crippen molar-refractivity contribution in [3.63, 3.8) is 0 Å². The zero-order valence-corrected chi connectivity index (χ0v) is 12.8. The molecule has 0 bridgehead atoms. The lowest BCUT2D eigenvalue weighted by molar-refractivity contribution is 0.461. The van der Waals surface area contributed by atoms with Crippen LogP contribution in [0.5, 0.6) is 0 Å². The number of rotatable bonds is 5. The van der Waals surface area contributed by atoms with Crippen molar-refractivity contribution in [1.29, 1.82) is 0 Å². The first kappa shape index (κ1) is 14.6. The number of halogens is 2. The molecule has 0 spiro atoms. The number of hydrogen-bond acceptors (Lipinski definition) is 1. The van der Waals surface area contributed by atoms with Crippen molar-refractivity contribution in [3.05, 3.63) is 53.6 Å². The summed E-state index contributed by atoms with van der Waals surface area (Å²) in [6, 6.07) is 9.46. The second kappa shape index (κ2) is 6.61. The molecule has 1 fully saturated rings. The highest BCUT2D eigenvalue weighted by molar-refractivity contribution is 6.18. The van der Waals surface area contributed by atoms with E-state index in [2.05, 4.69) is 16.0 Å². The molecule has 0 amide bonds. The molecule has 1 unspecified atom stereocenters. The third-order valence-corrected chi connectivity index (χ3v) is 4.72. The van der Waals surface area contributed by atoms with E-state index in [1.807, 2.05) is 18.2 Å². The smallest absolute Gasteiger partial charge is 0.126 e. The van der Waals surface area contributed by atoms with Gasteiger partial charge in [-0.3, -0.25) is 4.68 Å². The fourth-order valence-electron chi connectivity index (χ4n) is 3.16. The highest BCUT2D eigenvalue weighted by Crippen LogP contribution is 2.29. The van der Waals surface area contributed by atoms with Gasteiger partial charge >= 0.3 is 0 Å². The first-order chi connectivity index (χ1) is 10.3. The zero-order chi connectivity index (χ0) is 14.7. The summed E-state index contributed by atoms with van der Waals surface area (Å²) in [6.45, 7) is 0. The molecule has 2 nitrogen and oxygen atoms in total. The van der Waals surface area contributed by atoms with Crippen LogP contribution in [-0.4, -0.2) is 15.7 Å². The molecule has 21 heavy (non-hydrogen) atoms. The third-order valence-electron chi connectivity index (χ3n) is 4.35. The molecule has 0 N–H and O–H groups in total. The topological polar surface area (TPSA) is 17.8 Å². The summed E-state index contributed by atoms with van der Waals surface area (Å²) in [4.78, 5) is 0. The Labute approximate surface area is 129 Å². The molecule has 3 rings (SSSR count). The second-order valence-electron chi connectivity index (χ2n) is 5.80. The van der Waals surface area contributed by atoms with E-state index in [1.54, 1.807) is 6.07 Å². The Hall–Kier alpha value is -1.35. The van der Waals surface area contributed by atoms with Crippen LogP contribution in [0.2, 0.25) is 0 Å². The van der Waals surface area contributed by atoms with Crippen LogP contribution in [0.1, 0.15) is 48.9 Å². The Bertz CT molecular complexity index is 590. The normalized spacial score (nSPS) is 17.2. The molecule has 1 heterocycles. The van der Waals surface area contributed by atoms with Crippen LogP contribution in [-0.2, 0) is 6.42 Å². The van der Waals surface area contributed by atoms with Crippen LogP contribution in [0.15, 0.2) is 36.5 Å². The molecule has 1 aromatic heterocycles. The van der Waals surface area contributed by atoms with Gasteiger partial charge in [0, 0.05) is 18.0 Å². The van der Waals surface area contributed by atoms with E-state index < -0.39 is 0 Å². The van der Waals surface area contributed by atoms with Crippen LogP contribution in [0.4, 0.5) is 4.39 Å². The summed E-state index contributed by atoms with van der Waals surface area (Å²) in [5.74, 6) is 0.190. The molecule has 0 radical (unpaired) electrons. The lowest BCUT2D eigenvalue weighted by atomic mass is 9.95. The monoisotopic (exact) mass is 306 g/mol. The molecule has 1 atom stereocenters.